The van der Waals surface area contributed by atoms with Gasteiger partial charge < -0.3 is 4.74 Å². The summed E-state index contributed by atoms with van der Waals surface area (Å²) >= 11 is 0. The van der Waals surface area contributed by atoms with Crippen LogP contribution < -0.4 is 4.74 Å². The molecule has 4 heteroatoms. The Morgan fingerprint density at radius 1 is 1.08 bits per heavy atom. The van der Waals surface area contributed by atoms with E-state index in [2.05, 4.69) is 57.6 Å². The normalized spacial score (nSPS) is 17.9. The largest absolute Gasteiger partial charge is 0.489 e. The van der Waals surface area contributed by atoms with Crippen LogP contribution in [0.5, 0.6) is 5.75 Å². The molecule has 3 aromatic rings. The molecule has 1 aliphatic heterocycles. The highest BCUT2D eigenvalue weighted by Gasteiger charge is 2.24. The summed E-state index contributed by atoms with van der Waals surface area (Å²) in [6.07, 6.45) is 5.06. The van der Waals surface area contributed by atoms with E-state index < -0.39 is 0 Å². The third kappa shape index (κ3) is 3.49. The Morgan fingerprint density at radius 2 is 2.00 bits per heavy atom. The second-order valence-corrected chi connectivity index (χ2v) is 6.26. The van der Waals surface area contributed by atoms with Crippen LogP contribution in [0.2, 0.25) is 0 Å². The molecule has 1 aliphatic rings. The van der Waals surface area contributed by atoms with Crippen LogP contribution in [0.4, 0.5) is 0 Å². The smallest absolute Gasteiger partial charge is 0.120 e. The van der Waals surface area contributed by atoms with Gasteiger partial charge in [0.1, 0.15) is 11.9 Å². The quantitative estimate of drug-likeness (QED) is 0.779. The highest BCUT2D eigenvalue weighted by molar-refractivity contribution is 5.63. The first-order valence-corrected chi connectivity index (χ1v) is 8.39. The first-order chi connectivity index (χ1) is 11.9. The highest BCUT2D eigenvalue weighted by Crippen LogP contribution is 2.25. The maximum atomic E-state index is 6.21. The van der Waals surface area contributed by atoms with Gasteiger partial charge in [-0.2, -0.15) is 5.10 Å². The van der Waals surface area contributed by atoms with E-state index in [1.807, 2.05) is 24.5 Å². The zero-order valence-corrected chi connectivity index (χ0v) is 13.6. The summed E-state index contributed by atoms with van der Waals surface area (Å²) in [6.45, 7) is 3.06. The maximum absolute atomic E-state index is 6.21. The molecule has 1 saturated heterocycles. The summed E-state index contributed by atoms with van der Waals surface area (Å²) in [5.41, 5.74) is 3.57. The number of aromatic nitrogens is 2. The minimum Gasteiger partial charge on any atom is -0.489 e. The molecule has 122 valence electrons. The molecule has 0 radical (unpaired) electrons. The molecule has 0 bridgehead atoms. The van der Waals surface area contributed by atoms with Crippen molar-refractivity contribution in [2.24, 2.45) is 0 Å². The lowest BCUT2D eigenvalue weighted by molar-refractivity contribution is 0.198. The molecule has 4 rings (SSSR count). The summed E-state index contributed by atoms with van der Waals surface area (Å²) in [4.78, 5) is 2.46. The SMILES string of the molecule is c1ccc(CN2CCC(Oc3cccc(-c4cn[nH]c4)c3)C2)cc1. The van der Waals surface area contributed by atoms with Crippen molar-refractivity contribution in [1.82, 2.24) is 15.1 Å². The topological polar surface area (TPSA) is 41.1 Å². The molecule has 4 nitrogen and oxygen atoms in total. The third-order valence-corrected chi connectivity index (χ3v) is 4.45. The fraction of sp³-hybridized carbons (Fsp3) is 0.250. The van der Waals surface area contributed by atoms with E-state index in [4.69, 9.17) is 4.74 Å². The Labute approximate surface area is 142 Å². The molecule has 1 fully saturated rings. The van der Waals surface area contributed by atoms with Gasteiger partial charge in [-0.25, -0.2) is 0 Å². The minimum absolute atomic E-state index is 0.258. The van der Waals surface area contributed by atoms with Crippen molar-refractivity contribution < 1.29 is 4.74 Å². The molecule has 1 N–H and O–H groups in total. The van der Waals surface area contributed by atoms with E-state index in [1.165, 1.54) is 5.56 Å². The summed E-state index contributed by atoms with van der Waals surface area (Å²) in [7, 11) is 0. The lowest BCUT2D eigenvalue weighted by atomic mass is 10.1. The van der Waals surface area contributed by atoms with Crippen molar-refractivity contribution in [2.45, 2.75) is 19.1 Å². The van der Waals surface area contributed by atoms with E-state index >= 15 is 0 Å². The standard InChI is InChI=1S/C20H21N3O/c1-2-5-16(6-3-1)14-23-10-9-20(15-23)24-19-8-4-7-17(11-19)18-12-21-22-13-18/h1-8,11-13,20H,9-10,14-15H2,(H,21,22). The fourth-order valence-corrected chi connectivity index (χ4v) is 3.23. The number of hydrogen-bond donors (Lipinski definition) is 1. The van der Waals surface area contributed by atoms with Crippen LogP contribution in [0.1, 0.15) is 12.0 Å². The molecule has 2 heterocycles. The van der Waals surface area contributed by atoms with Gasteiger partial charge in [0, 0.05) is 31.4 Å². The van der Waals surface area contributed by atoms with Crippen LogP contribution >= 0.6 is 0 Å². The maximum Gasteiger partial charge on any atom is 0.120 e. The summed E-state index contributed by atoms with van der Waals surface area (Å²) in [6, 6.07) is 18.9. The predicted octanol–water partition coefficient (Wildman–Crippen LogP) is 3.73. The molecule has 1 unspecified atom stereocenters. The molecule has 1 atom stereocenters. The van der Waals surface area contributed by atoms with Crippen LogP contribution in [0.15, 0.2) is 67.0 Å². The van der Waals surface area contributed by atoms with Crippen LogP contribution in [-0.2, 0) is 6.54 Å². The Bertz CT molecular complexity index is 771. The van der Waals surface area contributed by atoms with Gasteiger partial charge in [0.15, 0.2) is 0 Å². The Kier molecular flexibility index (Phi) is 4.30. The van der Waals surface area contributed by atoms with E-state index in [-0.39, 0.29) is 6.10 Å². The lowest BCUT2D eigenvalue weighted by Gasteiger charge is -2.17. The van der Waals surface area contributed by atoms with Gasteiger partial charge in [-0.1, -0.05) is 42.5 Å². The van der Waals surface area contributed by atoms with Gasteiger partial charge in [0.25, 0.3) is 0 Å². The van der Waals surface area contributed by atoms with Crippen molar-refractivity contribution in [1.29, 1.82) is 0 Å². The Morgan fingerprint density at radius 3 is 2.83 bits per heavy atom. The van der Waals surface area contributed by atoms with Crippen molar-refractivity contribution in [2.75, 3.05) is 13.1 Å². The number of likely N-dealkylation sites (tertiary alicyclic amines) is 1. The molecular weight excluding hydrogens is 298 g/mol. The number of nitrogens with zero attached hydrogens (tertiary/aromatic N) is 2. The van der Waals surface area contributed by atoms with Crippen molar-refractivity contribution in [3.63, 3.8) is 0 Å². The molecular formula is C20H21N3O. The number of H-pyrrole nitrogens is 1. The molecule has 24 heavy (non-hydrogen) atoms. The zero-order valence-electron chi connectivity index (χ0n) is 13.6. The number of hydrogen-bond acceptors (Lipinski definition) is 3. The van der Waals surface area contributed by atoms with Crippen LogP contribution in [0, 0.1) is 0 Å². The summed E-state index contributed by atoms with van der Waals surface area (Å²) < 4.78 is 6.21. The van der Waals surface area contributed by atoms with Crippen molar-refractivity contribution in [3.05, 3.63) is 72.6 Å². The average Bonchev–Trinajstić information content (AvgIpc) is 3.28. The van der Waals surface area contributed by atoms with Gasteiger partial charge in [-0.3, -0.25) is 10.00 Å². The van der Waals surface area contributed by atoms with Gasteiger partial charge >= 0.3 is 0 Å². The molecule has 2 aromatic carbocycles. The van der Waals surface area contributed by atoms with Crippen LogP contribution in [0.3, 0.4) is 0 Å². The van der Waals surface area contributed by atoms with E-state index in [9.17, 15) is 0 Å². The average molecular weight is 319 g/mol. The van der Waals surface area contributed by atoms with E-state index in [0.717, 1.165) is 42.9 Å². The lowest BCUT2D eigenvalue weighted by Crippen LogP contribution is -2.24. The predicted molar refractivity (Wildman–Crippen MR) is 94.8 cm³/mol. The van der Waals surface area contributed by atoms with E-state index in [0.29, 0.717) is 0 Å². The Balaban J connectivity index is 1.37. The number of nitrogens with one attached hydrogen (secondary N) is 1. The van der Waals surface area contributed by atoms with Crippen LogP contribution in [0.25, 0.3) is 11.1 Å². The number of aromatic amines is 1. The third-order valence-electron chi connectivity index (χ3n) is 4.45. The first-order valence-electron chi connectivity index (χ1n) is 8.39. The van der Waals surface area contributed by atoms with Gasteiger partial charge in [-0.05, 0) is 29.7 Å². The summed E-state index contributed by atoms with van der Waals surface area (Å²) in [5, 5.41) is 6.86. The number of rotatable bonds is 5. The zero-order chi connectivity index (χ0) is 16.2. The second-order valence-electron chi connectivity index (χ2n) is 6.26. The molecule has 0 saturated carbocycles. The molecule has 0 amide bonds. The van der Waals surface area contributed by atoms with Crippen LogP contribution in [-0.4, -0.2) is 34.3 Å². The van der Waals surface area contributed by atoms with E-state index in [1.54, 1.807) is 0 Å². The molecule has 0 spiro atoms. The number of ether oxygens (including phenoxy) is 1. The minimum atomic E-state index is 0.258. The highest BCUT2D eigenvalue weighted by atomic mass is 16.5. The Hall–Kier alpha value is -2.59. The van der Waals surface area contributed by atoms with Crippen molar-refractivity contribution >= 4 is 0 Å². The van der Waals surface area contributed by atoms with Crippen molar-refractivity contribution in [3.8, 4) is 16.9 Å². The molecule has 0 aliphatic carbocycles. The second kappa shape index (κ2) is 6.89. The van der Waals surface area contributed by atoms with Gasteiger partial charge in [0.2, 0.25) is 0 Å². The summed E-state index contributed by atoms with van der Waals surface area (Å²) in [5.74, 6) is 0.931. The monoisotopic (exact) mass is 319 g/mol. The van der Waals surface area contributed by atoms with Gasteiger partial charge in [-0.15, -0.1) is 0 Å². The molecule has 1 aromatic heterocycles. The fourth-order valence-electron chi connectivity index (χ4n) is 3.23. The van der Waals surface area contributed by atoms with Gasteiger partial charge in [0.05, 0.1) is 6.20 Å². The first kappa shape index (κ1) is 15.0. The number of benzene rings is 2.